The summed E-state index contributed by atoms with van der Waals surface area (Å²) in [6.45, 7) is 10.8. The molecule has 0 saturated carbocycles. The molecule has 3 heterocycles. The maximum atomic E-state index is 13.6. The van der Waals surface area contributed by atoms with Crippen molar-refractivity contribution in [1.29, 1.82) is 0 Å². The van der Waals surface area contributed by atoms with Crippen molar-refractivity contribution in [3.8, 4) is 11.1 Å². The van der Waals surface area contributed by atoms with Gasteiger partial charge in [-0.05, 0) is 88.2 Å². The Morgan fingerprint density at radius 1 is 0.842 bits per heavy atom. The minimum Gasteiger partial charge on any atom is -0.448 e. The second-order valence-electron chi connectivity index (χ2n) is 15.1. The summed E-state index contributed by atoms with van der Waals surface area (Å²) in [5.74, 6) is 0.519. The number of ether oxygens (including phenoxy) is 1. The Bertz CT molecular complexity index is 2570. The van der Waals surface area contributed by atoms with E-state index in [0.717, 1.165) is 36.9 Å². The minimum absolute atomic E-state index is 0.0232. The van der Waals surface area contributed by atoms with Crippen molar-refractivity contribution < 1.29 is 14.3 Å². The number of hydrogen-bond donors (Lipinski definition) is 3. The van der Waals surface area contributed by atoms with E-state index < -0.39 is 6.09 Å². The van der Waals surface area contributed by atoms with E-state index in [1.807, 2.05) is 79.0 Å². The van der Waals surface area contributed by atoms with Gasteiger partial charge in [-0.15, -0.1) is 11.3 Å². The summed E-state index contributed by atoms with van der Waals surface area (Å²) >= 11 is 2.98. The molecule has 0 aliphatic heterocycles. The van der Waals surface area contributed by atoms with Gasteiger partial charge in [0.1, 0.15) is 18.8 Å². The second kappa shape index (κ2) is 15.8. The van der Waals surface area contributed by atoms with Crippen LogP contribution < -0.4 is 16.0 Å². The maximum absolute atomic E-state index is 13.6. The minimum atomic E-state index is -0.517. The summed E-state index contributed by atoms with van der Waals surface area (Å²) in [5, 5.41) is 10.6. The number of rotatable bonds is 10. The Labute approximate surface area is 339 Å². The lowest BCUT2D eigenvalue weighted by Gasteiger charge is -2.15. The summed E-state index contributed by atoms with van der Waals surface area (Å²) in [7, 11) is 0. The monoisotopic (exact) mass is 791 g/mol. The van der Waals surface area contributed by atoms with Crippen LogP contribution in [0.3, 0.4) is 0 Å². The average Bonchev–Trinajstić information content (AvgIpc) is 3.81. The van der Waals surface area contributed by atoms with Gasteiger partial charge in [0.25, 0.3) is 5.91 Å². The van der Waals surface area contributed by atoms with Crippen molar-refractivity contribution in [2.75, 3.05) is 22.6 Å². The number of carbonyl (C=O) groups is 2. The smallest absolute Gasteiger partial charge is 0.411 e. The first-order valence-electron chi connectivity index (χ1n) is 18.7. The predicted molar refractivity (Wildman–Crippen MR) is 229 cm³/mol. The molecule has 1 aliphatic carbocycles. The number of pyridine rings is 1. The fraction of sp³-hybridized carbons (Fsp3) is 0.200. The summed E-state index contributed by atoms with van der Waals surface area (Å²) in [6.07, 6.45) is 2.78. The predicted octanol–water partition coefficient (Wildman–Crippen LogP) is 11.4. The highest BCUT2D eigenvalue weighted by molar-refractivity contribution is 7.99. The first-order valence-corrected chi connectivity index (χ1v) is 20.3. The molecule has 0 saturated heterocycles. The summed E-state index contributed by atoms with van der Waals surface area (Å²) < 4.78 is 5.76. The summed E-state index contributed by atoms with van der Waals surface area (Å²) in [6, 6.07) is 33.5. The average molecular weight is 792 g/mol. The first-order chi connectivity index (χ1) is 27.5. The molecule has 57 heavy (non-hydrogen) atoms. The molecule has 286 valence electrons. The number of nitrogens with one attached hydrogen (secondary N) is 3. The highest BCUT2D eigenvalue weighted by Gasteiger charge is 2.29. The van der Waals surface area contributed by atoms with Gasteiger partial charge in [0, 0.05) is 43.7 Å². The topological polar surface area (TPSA) is 131 Å². The van der Waals surface area contributed by atoms with Gasteiger partial charge < -0.3 is 10.1 Å². The van der Waals surface area contributed by atoms with Crippen LogP contribution in [0.25, 0.3) is 22.2 Å². The van der Waals surface area contributed by atoms with E-state index in [4.69, 9.17) is 9.72 Å². The number of hydrogen-bond acceptors (Lipinski definition) is 10. The molecule has 0 unspecified atom stereocenters. The molecule has 0 fully saturated rings. The molecule has 3 aromatic heterocycles. The second-order valence-corrected chi connectivity index (χ2v) is 17.3. The third-order valence-electron chi connectivity index (χ3n) is 9.74. The molecule has 3 N–H and O–H groups in total. The number of nitrogens with zero attached hydrogens (tertiary/aromatic N) is 4. The molecular formula is C45H41N7O3S2. The Kier molecular flexibility index (Phi) is 10.5. The van der Waals surface area contributed by atoms with Gasteiger partial charge in [0.2, 0.25) is 0 Å². The van der Waals surface area contributed by atoms with Crippen molar-refractivity contribution in [1.82, 2.24) is 19.9 Å². The highest BCUT2D eigenvalue weighted by atomic mass is 32.2. The third kappa shape index (κ3) is 8.23. The molecule has 8 rings (SSSR count). The standard InChI is InChI=1S/C45H41N7O3S2/c1-26(2)36-20-19-34-40(50-36)47-25-48-41(34)51-37-22-27(42(53)52-43-46-23-39(57-43)45(3,4)5)14-21-38(37)56-29-17-15-28(16-18-29)49-44(54)55-24-35-32-12-8-6-10-30(32)31-11-7-9-13-33(31)35/h6-23,25-26,35H,24H2,1-5H3,(H,49,54)(H,46,52,53)(H,47,48,50,51). The van der Waals surface area contributed by atoms with Gasteiger partial charge >= 0.3 is 6.09 Å². The van der Waals surface area contributed by atoms with Crippen molar-refractivity contribution in [3.63, 3.8) is 0 Å². The van der Waals surface area contributed by atoms with Crippen LogP contribution in [0.1, 0.15) is 78.5 Å². The van der Waals surface area contributed by atoms with Gasteiger partial charge in [-0.3, -0.25) is 15.4 Å². The summed E-state index contributed by atoms with van der Waals surface area (Å²) in [4.78, 5) is 47.6. The largest absolute Gasteiger partial charge is 0.448 e. The van der Waals surface area contributed by atoms with Crippen LogP contribution in [-0.2, 0) is 10.2 Å². The highest BCUT2D eigenvalue weighted by Crippen LogP contribution is 2.44. The number of amides is 2. The molecule has 0 bridgehead atoms. The number of aromatic nitrogens is 4. The van der Waals surface area contributed by atoms with E-state index in [-0.39, 0.29) is 29.8 Å². The number of carbonyl (C=O) groups excluding carboxylic acids is 2. The van der Waals surface area contributed by atoms with E-state index in [2.05, 4.69) is 89.8 Å². The Hall–Kier alpha value is -6.11. The molecule has 0 spiro atoms. The van der Waals surface area contributed by atoms with Crippen LogP contribution in [0, 0.1) is 0 Å². The number of anilines is 4. The molecule has 0 atom stereocenters. The van der Waals surface area contributed by atoms with Gasteiger partial charge in [-0.1, -0.05) is 94.9 Å². The lowest BCUT2D eigenvalue weighted by Crippen LogP contribution is -2.17. The fourth-order valence-electron chi connectivity index (χ4n) is 6.70. The van der Waals surface area contributed by atoms with E-state index in [9.17, 15) is 9.59 Å². The molecule has 12 heteroatoms. The molecule has 4 aromatic carbocycles. The van der Waals surface area contributed by atoms with Crippen molar-refractivity contribution >= 4 is 68.5 Å². The quantitative estimate of drug-likeness (QED) is 0.124. The third-order valence-corrected chi connectivity index (χ3v) is 12.2. The van der Waals surface area contributed by atoms with E-state index in [1.165, 1.54) is 40.6 Å². The van der Waals surface area contributed by atoms with Gasteiger partial charge in [-0.25, -0.2) is 24.7 Å². The molecule has 2 amide bonds. The van der Waals surface area contributed by atoms with Crippen LogP contribution >= 0.6 is 23.1 Å². The maximum Gasteiger partial charge on any atom is 0.411 e. The zero-order valence-corrected chi connectivity index (χ0v) is 33.8. The van der Waals surface area contributed by atoms with E-state index >= 15 is 0 Å². The molecule has 1 aliphatic rings. The lowest BCUT2D eigenvalue weighted by molar-refractivity contribution is 0.102. The van der Waals surface area contributed by atoms with Crippen LogP contribution in [-0.4, -0.2) is 38.5 Å². The Morgan fingerprint density at radius 3 is 2.25 bits per heavy atom. The van der Waals surface area contributed by atoms with Gasteiger partial charge in [0.05, 0.1) is 11.1 Å². The van der Waals surface area contributed by atoms with Gasteiger partial charge in [0.15, 0.2) is 10.8 Å². The normalized spacial score (nSPS) is 12.3. The number of benzene rings is 4. The molecular weight excluding hydrogens is 751 g/mol. The molecule has 0 radical (unpaired) electrons. The first kappa shape index (κ1) is 37.8. The Morgan fingerprint density at radius 2 is 1.56 bits per heavy atom. The van der Waals surface area contributed by atoms with E-state index in [0.29, 0.717) is 33.5 Å². The molecule has 10 nitrogen and oxygen atoms in total. The van der Waals surface area contributed by atoms with Crippen LogP contribution in [0.4, 0.5) is 27.1 Å². The fourth-order valence-corrected chi connectivity index (χ4v) is 8.45. The van der Waals surface area contributed by atoms with Crippen LogP contribution in [0.5, 0.6) is 0 Å². The van der Waals surface area contributed by atoms with Crippen molar-refractivity contribution in [2.45, 2.75) is 61.7 Å². The zero-order chi connectivity index (χ0) is 39.7. The number of thiazole rings is 1. The van der Waals surface area contributed by atoms with Crippen LogP contribution in [0.15, 0.2) is 125 Å². The lowest BCUT2D eigenvalue weighted by atomic mass is 9.96. The van der Waals surface area contributed by atoms with E-state index in [1.54, 1.807) is 6.07 Å². The zero-order valence-electron chi connectivity index (χ0n) is 32.2. The molecule has 7 aromatic rings. The SMILES string of the molecule is CC(C)c1ccc2c(Nc3cc(C(=O)Nc4ncc(C(C)(C)C)s4)ccc3Sc3ccc(NC(=O)OCC4c5ccccc5-c5ccccc54)cc3)ncnc2n1. The summed E-state index contributed by atoms with van der Waals surface area (Å²) in [5.41, 5.74) is 7.87. The van der Waals surface area contributed by atoms with Crippen molar-refractivity contribution in [2.24, 2.45) is 0 Å². The van der Waals surface area contributed by atoms with Crippen LogP contribution in [0.2, 0.25) is 0 Å². The number of fused-ring (bicyclic) bond motifs is 4. The van der Waals surface area contributed by atoms with Crippen molar-refractivity contribution in [3.05, 3.63) is 143 Å². The van der Waals surface area contributed by atoms with Gasteiger partial charge in [-0.2, -0.15) is 0 Å². The Balaban J connectivity index is 0.996.